The molecule has 11 heteroatoms. The normalized spacial score (nSPS) is 10.7. The number of hydrogen-bond donors (Lipinski definition) is 3. The van der Waals surface area contributed by atoms with Crippen LogP contribution in [0.3, 0.4) is 0 Å². The van der Waals surface area contributed by atoms with Gasteiger partial charge in [-0.15, -0.1) is 0 Å². The second-order valence-electron chi connectivity index (χ2n) is 5.39. The van der Waals surface area contributed by atoms with Crippen LogP contribution in [0.5, 0.6) is 0 Å². The van der Waals surface area contributed by atoms with Crippen LogP contribution in [0.15, 0.2) is 47.4 Å². The van der Waals surface area contributed by atoms with E-state index in [2.05, 4.69) is 10.6 Å². The molecule has 0 saturated heterocycles. The number of nitrogens with zero attached hydrogens (tertiary/aromatic N) is 1. The molecule has 142 valence electrons. The summed E-state index contributed by atoms with van der Waals surface area (Å²) in [4.78, 5) is 33.7. The van der Waals surface area contributed by atoms with Crippen LogP contribution >= 0.6 is 0 Å². The molecule has 27 heavy (non-hydrogen) atoms. The van der Waals surface area contributed by atoms with Crippen molar-refractivity contribution in [2.24, 2.45) is 0 Å². The van der Waals surface area contributed by atoms with Gasteiger partial charge in [0.15, 0.2) is 0 Å². The highest BCUT2D eigenvalue weighted by Crippen LogP contribution is 2.23. The highest BCUT2D eigenvalue weighted by atomic mass is 32.2. The molecule has 0 aliphatic rings. The summed E-state index contributed by atoms with van der Waals surface area (Å²) in [6.45, 7) is 1.45. The summed E-state index contributed by atoms with van der Waals surface area (Å²) >= 11 is 0. The minimum Gasteiger partial charge on any atom is -0.341 e. The molecule has 2 rings (SSSR count). The largest absolute Gasteiger partial charge is 0.341 e. The van der Waals surface area contributed by atoms with Crippen LogP contribution in [-0.2, 0) is 10.0 Å². The van der Waals surface area contributed by atoms with E-state index in [0.29, 0.717) is 5.69 Å². The van der Waals surface area contributed by atoms with Crippen molar-refractivity contribution >= 4 is 33.3 Å². The summed E-state index contributed by atoms with van der Waals surface area (Å²) in [7, 11) is -2.84. The third-order valence-corrected chi connectivity index (χ3v) is 4.89. The van der Waals surface area contributed by atoms with E-state index in [-0.39, 0.29) is 16.0 Å². The summed E-state index contributed by atoms with van der Waals surface area (Å²) in [5, 5.41) is 16.0. The molecule has 2 aromatic rings. The Morgan fingerprint density at radius 2 is 1.70 bits per heavy atom. The lowest BCUT2D eigenvalue weighted by Gasteiger charge is -2.09. The average Bonchev–Trinajstić information content (AvgIpc) is 2.61. The number of carbonyl (C=O) groups is 2. The van der Waals surface area contributed by atoms with Gasteiger partial charge in [0.05, 0.1) is 9.82 Å². The number of carbonyl (C=O) groups excluding carboxylic acids is 2. The lowest BCUT2D eigenvalue weighted by Crippen LogP contribution is -2.31. The molecule has 0 radical (unpaired) electrons. The number of benzene rings is 2. The molecule has 3 amide bonds. The lowest BCUT2D eigenvalue weighted by atomic mass is 10.1. The van der Waals surface area contributed by atoms with E-state index in [1.807, 2.05) is 4.72 Å². The summed E-state index contributed by atoms with van der Waals surface area (Å²) in [6, 6.07) is 8.60. The minimum absolute atomic E-state index is 0.231. The monoisotopic (exact) mass is 392 g/mol. The number of urea groups is 1. The molecule has 0 unspecified atom stereocenters. The molecule has 0 bridgehead atoms. The molecule has 0 fully saturated rings. The number of rotatable bonds is 5. The molecule has 0 aliphatic carbocycles. The van der Waals surface area contributed by atoms with E-state index >= 15 is 0 Å². The number of amides is 3. The third-order valence-electron chi connectivity index (χ3n) is 3.54. The Labute approximate surface area is 154 Å². The summed E-state index contributed by atoms with van der Waals surface area (Å²) < 4.78 is 26.6. The van der Waals surface area contributed by atoms with E-state index in [1.54, 1.807) is 0 Å². The first kappa shape index (κ1) is 19.8. The number of nitro benzene ring substituents is 1. The molecule has 10 nitrogen and oxygen atoms in total. The Morgan fingerprint density at radius 3 is 2.26 bits per heavy atom. The van der Waals surface area contributed by atoms with Crippen molar-refractivity contribution in [1.29, 1.82) is 0 Å². The van der Waals surface area contributed by atoms with Crippen molar-refractivity contribution in [1.82, 2.24) is 10.0 Å². The van der Waals surface area contributed by atoms with Crippen LogP contribution in [0.1, 0.15) is 15.9 Å². The van der Waals surface area contributed by atoms with Crippen LogP contribution in [0.25, 0.3) is 0 Å². The van der Waals surface area contributed by atoms with Gasteiger partial charge in [-0.2, -0.15) is 0 Å². The Balaban J connectivity index is 2.26. The molecule has 0 aliphatic heterocycles. The van der Waals surface area contributed by atoms with Crippen LogP contribution in [0, 0.1) is 17.0 Å². The minimum atomic E-state index is -4.26. The van der Waals surface area contributed by atoms with Crippen LogP contribution in [-0.4, -0.2) is 32.3 Å². The number of nitro groups is 1. The van der Waals surface area contributed by atoms with Gasteiger partial charge in [-0.3, -0.25) is 14.9 Å². The molecule has 0 atom stereocenters. The number of nitrogens with one attached hydrogen (secondary N) is 3. The molecule has 0 saturated carbocycles. The fourth-order valence-electron chi connectivity index (χ4n) is 2.23. The standard InChI is InChI=1S/C16H16N4O6S/c1-10-4-3-5-13(14(10)20(23)24)15(21)19-27(25,26)12-8-6-11(7-9-12)18-16(22)17-2/h3-9H,1-2H3,(H,19,21)(H2,17,18,22). The quantitative estimate of drug-likeness (QED) is 0.522. The van der Waals surface area contributed by atoms with Crippen molar-refractivity contribution in [3.63, 3.8) is 0 Å². The number of sulfonamides is 1. The fourth-order valence-corrected chi connectivity index (χ4v) is 3.20. The average molecular weight is 392 g/mol. The second-order valence-corrected chi connectivity index (χ2v) is 7.07. The van der Waals surface area contributed by atoms with Gasteiger partial charge in [0.25, 0.3) is 21.6 Å². The zero-order valence-corrected chi connectivity index (χ0v) is 15.2. The van der Waals surface area contributed by atoms with Gasteiger partial charge in [-0.25, -0.2) is 17.9 Å². The SMILES string of the molecule is CNC(=O)Nc1ccc(S(=O)(=O)NC(=O)c2cccc(C)c2[N+](=O)[O-])cc1. The van der Waals surface area contributed by atoms with E-state index < -0.39 is 32.6 Å². The lowest BCUT2D eigenvalue weighted by molar-refractivity contribution is -0.385. The van der Waals surface area contributed by atoms with Crippen molar-refractivity contribution in [3.05, 3.63) is 63.7 Å². The maximum absolute atomic E-state index is 12.4. The molecule has 0 aromatic heterocycles. The number of aryl methyl sites for hydroxylation is 1. The summed E-state index contributed by atoms with van der Waals surface area (Å²) in [5.74, 6) is -1.11. The molecular formula is C16H16N4O6S. The topological polar surface area (TPSA) is 148 Å². The second kappa shape index (κ2) is 7.83. The first-order valence-corrected chi connectivity index (χ1v) is 9.04. The Hall–Kier alpha value is -3.47. The van der Waals surface area contributed by atoms with Gasteiger partial charge in [0.2, 0.25) is 0 Å². The van der Waals surface area contributed by atoms with E-state index in [0.717, 1.165) is 0 Å². The Morgan fingerprint density at radius 1 is 1.07 bits per heavy atom. The van der Waals surface area contributed by atoms with Gasteiger partial charge in [-0.1, -0.05) is 12.1 Å². The molecule has 0 heterocycles. The van der Waals surface area contributed by atoms with E-state index in [1.165, 1.54) is 56.4 Å². The number of para-hydroxylation sites is 1. The van der Waals surface area contributed by atoms with Gasteiger partial charge in [-0.05, 0) is 37.3 Å². The third kappa shape index (κ3) is 4.58. The first-order chi connectivity index (χ1) is 12.7. The van der Waals surface area contributed by atoms with Gasteiger partial charge in [0, 0.05) is 18.3 Å². The van der Waals surface area contributed by atoms with Gasteiger partial charge in [0.1, 0.15) is 5.56 Å². The predicted octanol–water partition coefficient (Wildman–Crippen LogP) is 1.77. The maximum atomic E-state index is 12.4. The van der Waals surface area contributed by atoms with Crippen molar-refractivity contribution in [3.8, 4) is 0 Å². The Bertz CT molecular complexity index is 1000. The maximum Gasteiger partial charge on any atom is 0.318 e. The number of anilines is 1. The molecule has 2 aromatic carbocycles. The van der Waals surface area contributed by atoms with Crippen LogP contribution < -0.4 is 15.4 Å². The van der Waals surface area contributed by atoms with E-state index in [9.17, 15) is 28.1 Å². The fraction of sp³-hybridized carbons (Fsp3) is 0.125. The van der Waals surface area contributed by atoms with Crippen LogP contribution in [0.2, 0.25) is 0 Å². The number of hydrogen-bond acceptors (Lipinski definition) is 6. The molecule has 0 spiro atoms. The zero-order chi connectivity index (χ0) is 20.2. The smallest absolute Gasteiger partial charge is 0.318 e. The summed E-state index contributed by atoms with van der Waals surface area (Å²) in [6.07, 6.45) is 0. The zero-order valence-electron chi connectivity index (χ0n) is 14.3. The summed E-state index contributed by atoms with van der Waals surface area (Å²) in [5.41, 5.74) is -0.250. The first-order valence-electron chi connectivity index (χ1n) is 7.55. The predicted molar refractivity (Wildman–Crippen MR) is 97.0 cm³/mol. The molecular weight excluding hydrogens is 376 g/mol. The van der Waals surface area contributed by atoms with Crippen molar-refractivity contribution < 1.29 is 22.9 Å². The van der Waals surface area contributed by atoms with Crippen molar-refractivity contribution in [2.45, 2.75) is 11.8 Å². The van der Waals surface area contributed by atoms with E-state index in [4.69, 9.17) is 0 Å². The molecule has 3 N–H and O–H groups in total. The van der Waals surface area contributed by atoms with Crippen molar-refractivity contribution in [2.75, 3.05) is 12.4 Å². The van der Waals surface area contributed by atoms with Gasteiger partial charge < -0.3 is 10.6 Å². The highest BCUT2D eigenvalue weighted by Gasteiger charge is 2.26. The Kier molecular flexibility index (Phi) is 5.75. The van der Waals surface area contributed by atoms with Gasteiger partial charge >= 0.3 is 6.03 Å². The highest BCUT2D eigenvalue weighted by molar-refractivity contribution is 7.90. The van der Waals surface area contributed by atoms with Crippen LogP contribution in [0.4, 0.5) is 16.2 Å².